The van der Waals surface area contributed by atoms with Gasteiger partial charge < -0.3 is 4.40 Å². The first-order valence-corrected chi connectivity index (χ1v) is 5.61. The van der Waals surface area contributed by atoms with Crippen molar-refractivity contribution in [2.45, 2.75) is 13.8 Å². The number of aromatic nitrogens is 3. The zero-order chi connectivity index (χ0) is 11.8. The summed E-state index contributed by atoms with van der Waals surface area (Å²) in [5, 5.41) is 0. The molecule has 0 fully saturated rings. The summed E-state index contributed by atoms with van der Waals surface area (Å²) in [6, 6.07) is 8.31. The molecule has 0 bridgehead atoms. The molecule has 0 amide bonds. The smallest absolute Gasteiger partial charge is 0.137 e. The fourth-order valence-electron chi connectivity index (χ4n) is 2.01. The maximum atomic E-state index is 4.37. The highest BCUT2D eigenvalue weighted by Gasteiger charge is 2.02. The van der Waals surface area contributed by atoms with Crippen molar-refractivity contribution in [3.63, 3.8) is 0 Å². The van der Waals surface area contributed by atoms with Crippen molar-refractivity contribution < 1.29 is 0 Å². The van der Waals surface area contributed by atoms with E-state index in [0.717, 1.165) is 17.0 Å². The minimum atomic E-state index is 0.981. The minimum Gasteiger partial charge on any atom is -0.304 e. The molecule has 3 heterocycles. The molecular formula is C14H13N3. The second-order valence-electron chi connectivity index (χ2n) is 4.23. The Morgan fingerprint density at radius 3 is 2.65 bits per heavy atom. The lowest BCUT2D eigenvalue weighted by Gasteiger charge is -2.03. The van der Waals surface area contributed by atoms with Crippen molar-refractivity contribution in [2.75, 3.05) is 0 Å². The van der Waals surface area contributed by atoms with Gasteiger partial charge in [0.1, 0.15) is 5.65 Å². The Morgan fingerprint density at radius 2 is 1.82 bits per heavy atom. The van der Waals surface area contributed by atoms with E-state index in [1.807, 2.05) is 25.4 Å². The number of fused-ring (bicyclic) bond motifs is 1. The molecule has 3 nitrogen and oxygen atoms in total. The number of aryl methyl sites for hydroxylation is 2. The predicted molar refractivity (Wildman–Crippen MR) is 67.9 cm³/mol. The highest BCUT2D eigenvalue weighted by Crippen LogP contribution is 2.21. The van der Waals surface area contributed by atoms with Crippen LogP contribution in [0.2, 0.25) is 0 Å². The van der Waals surface area contributed by atoms with E-state index >= 15 is 0 Å². The molecular weight excluding hydrogens is 210 g/mol. The van der Waals surface area contributed by atoms with Gasteiger partial charge in [-0.05, 0) is 49.2 Å². The van der Waals surface area contributed by atoms with Gasteiger partial charge in [-0.25, -0.2) is 4.98 Å². The first-order chi connectivity index (χ1) is 8.24. The molecule has 0 atom stereocenters. The van der Waals surface area contributed by atoms with Crippen LogP contribution in [0.4, 0.5) is 0 Å². The fourth-order valence-corrected chi connectivity index (χ4v) is 2.01. The summed E-state index contributed by atoms with van der Waals surface area (Å²) in [5.74, 6) is 0. The molecule has 3 rings (SSSR count). The van der Waals surface area contributed by atoms with Crippen molar-refractivity contribution >= 4 is 5.65 Å². The van der Waals surface area contributed by atoms with E-state index in [-0.39, 0.29) is 0 Å². The summed E-state index contributed by atoms with van der Waals surface area (Å²) in [5.41, 5.74) is 5.52. The summed E-state index contributed by atoms with van der Waals surface area (Å²) < 4.78 is 2.08. The molecule has 0 saturated carbocycles. The first kappa shape index (κ1) is 10.0. The number of imidazole rings is 1. The summed E-state index contributed by atoms with van der Waals surface area (Å²) in [6.07, 6.45) is 5.78. The van der Waals surface area contributed by atoms with Gasteiger partial charge in [0.2, 0.25) is 0 Å². The van der Waals surface area contributed by atoms with Gasteiger partial charge >= 0.3 is 0 Å². The van der Waals surface area contributed by atoms with Crippen LogP contribution in [-0.2, 0) is 0 Å². The summed E-state index contributed by atoms with van der Waals surface area (Å²) in [7, 11) is 0. The van der Waals surface area contributed by atoms with E-state index in [1.165, 1.54) is 11.1 Å². The van der Waals surface area contributed by atoms with Crippen molar-refractivity contribution in [3.05, 3.63) is 54.2 Å². The molecule has 0 spiro atoms. The topological polar surface area (TPSA) is 30.2 Å². The van der Waals surface area contributed by atoms with Gasteiger partial charge in [0.15, 0.2) is 0 Å². The average Bonchev–Trinajstić information content (AvgIpc) is 2.71. The average molecular weight is 223 g/mol. The molecule has 0 aliphatic carbocycles. The summed E-state index contributed by atoms with van der Waals surface area (Å²) in [6.45, 7) is 4.05. The lowest BCUT2D eigenvalue weighted by molar-refractivity contribution is 1.11. The number of hydrogen-bond donors (Lipinski definition) is 0. The maximum Gasteiger partial charge on any atom is 0.137 e. The summed E-state index contributed by atoms with van der Waals surface area (Å²) in [4.78, 5) is 8.59. The first-order valence-electron chi connectivity index (χ1n) is 5.61. The van der Waals surface area contributed by atoms with Crippen LogP contribution in [0.3, 0.4) is 0 Å². The maximum absolute atomic E-state index is 4.37. The highest BCUT2D eigenvalue weighted by atomic mass is 15.0. The fraction of sp³-hybridized carbons (Fsp3) is 0.143. The normalized spacial score (nSPS) is 10.9. The monoisotopic (exact) mass is 223 g/mol. The molecule has 0 N–H and O–H groups in total. The molecule has 3 aromatic rings. The Hall–Kier alpha value is -2.16. The second-order valence-corrected chi connectivity index (χ2v) is 4.23. The van der Waals surface area contributed by atoms with E-state index in [1.54, 1.807) is 0 Å². The Bertz CT molecular complexity index is 683. The quantitative estimate of drug-likeness (QED) is 0.634. The van der Waals surface area contributed by atoms with Crippen LogP contribution >= 0.6 is 0 Å². The van der Waals surface area contributed by atoms with E-state index in [2.05, 4.69) is 45.7 Å². The molecule has 0 aromatic carbocycles. The van der Waals surface area contributed by atoms with Crippen LogP contribution in [0, 0.1) is 13.8 Å². The number of hydrogen-bond acceptors (Lipinski definition) is 2. The molecule has 3 heteroatoms. The zero-order valence-electron chi connectivity index (χ0n) is 9.88. The third-order valence-electron chi connectivity index (χ3n) is 2.93. The lowest BCUT2D eigenvalue weighted by Crippen LogP contribution is -1.88. The number of nitrogens with zero attached hydrogens (tertiary/aromatic N) is 3. The van der Waals surface area contributed by atoms with Crippen LogP contribution in [0.25, 0.3) is 16.8 Å². The van der Waals surface area contributed by atoms with Gasteiger partial charge in [-0.2, -0.15) is 0 Å². The molecule has 0 aliphatic rings. The lowest BCUT2D eigenvalue weighted by atomic mass is 10.1. The Morgan fingerprint density at radius 1 is 1.00 bits per heavy atom. The molecule has 0 unspecified atom stereocenters. The van der Waals surface area contributed by atoms with Crippen LogP contribution in [0.1, 0.15) is 11.4 Å². The molecule has 3 aromatic heterocycles. The van der Waals surface area contributed by atoms with Gasteiger partial charge in [-0.1, -0.05) is 0 Å². The van der Waals surface area contributed by atoms with Crippen LogP contribution in [-0.4, -0.2) is 14.4 Å². The molecule has 84 valence electrons. The molecule has 0 radical (unpaired) electrons. The van der Waals surface area contributed by atoms with E-state index < -0.39 is 0 Å². The van der Waals surface area contributed by atoms with Gasteiger partial charge in [0.25, 0.3) is 0 Å². The Labute approximate surface area is 99.8 Å². The Balaban J connectivity index is 2.18. The number of pyridine rings is 2. The third-order valence-corrected chi connectivity index (χ3v) is 2.93. The van der Waals surface area contributed by atoms with E-state index in [9.17, 15) is 0 Å². The van der Waals surface area contributed by atoms with E-state index in [4.69, 9.17) is 0 Å². The SMILES string of the molecule is Cc1cc(-c2ccn3c(C)cnc3c2)ccn1. The standard InChI is InChI=1S/C14H13N3/c1-10-7-12(3-5-15-10)13-4-6-17-11(2)9-16-14(17)8-13/h3-9H,1-2H3. The van der Waals surface area contributed by atoms with Crippen molar-refractivity contribution in [2.24, 2.45) is 0 Å². The van der Waals surface area contributed by atoms with Crippen molar-refractivity contribution in [1.29, 1.82) is 0 Å². The molecule has 0 aliphatic heterocycles. The van der Waals surface area contributed by atoms with Crippen LogP contribution in [0.15, 0.2) is 42.9 Å². The van der Waals surface area contributed by atoms with Gasteiger partial charge in [0, 0.05) is 30.0 Å². The van der Waals surface area contributed by atoms with Gasteiger partial charge in [0.05, 0.1) is 0 Å². The van der Waals surface area contributed by atoms with Gasteiger partial charge in [-0.15, -0.1) is 0 Å². The number of rotatable bonds is 1. The van der Waals surface area contributed by atoms with Crippen LogP contribution in [0.5, 0.6) is 0 Å². The Kier molecular flexibility index (Phi) is 2.18. The molecule has 0 saturated heterocycles. The minimum absolute atomic E-state index is 0.981. The highest BCUT2D eigenvalue weighted by molar-refractivity contribution is 5.67. The predicted octanol–water partition coefficient (Wildman–Crippen LogP) is 3.01. The summed E-state index contributed by atoms with van der Waals surface area (Å²) >= 11 is 0. The largest absolute Gasteiger partial charge is 0.304 e. The van der Waals surface area contributed by atoms with E-state index in [0.29, 0.717) is 0 Å². The second kappa shape index (κ2) is 3.70. The van der Waals surface area contributed by atoms with Crippen molar-refractivity contribution in [1.82, 2.24) is 14.4 Å². The third kappa shape index (κ3) is 1.69. The zero-order valence-corrected chi connectivity index (χ0v) is 9.88. The van der Waals surface area contributed by atoms with Crippen LogP contribution < -0.4 is 0 Å². The van der Waals surface area contributed by atoms with Crippen molar-refractivity contribution in [3.8, 4) is 11.1 Å². The van der Waals surface area contributed by atoms with Gasteiger partial charge in [-0.3, -0.25) is 4.98 Å². The molecule has 17 heavy (non-hydrogen) atoms.